The molecule has 2 unspecified atom stereocenters. The molecule has 1 heterocycles. The molecule has 2 heteroatoms. The Bertz CT molecular complexity index is 175. The third-order valence-electron chi connectivity index (χ3n) is 3.38. The molecule has 0 bridgehead atoms. The van der Waals surface area contributed by atoms with E-state index in [9.17, 15) is 0 Å². The second-order valence-corrected chi connectivity index (χ2v) is 5.14. The summed E-state index contributed by atoms with van der Waals surface area (Å²) in [4.78, 5) is 0. The van der Waals surface area contributed by atoms with Crippen molar-refractivity contribution in [1.82, 2.24) is 0 Å². The average molecular weight is 203 g/mol. The minimum atomic E-state index is 0.180. The van der Waals surface area contributed by atoms with Crippen molar-refractivity contribution < 1.29 is 4.74 Å². The van der Waals surface area contributed by atoms with E-state index in [1.54, 1.807) is 0 Å². The first kappa shape index (κ1) is 9.79. The maximum atomic E-state index is 6.23. The number of hydrogen-bond acceptors (Lipinski definition) is 1. The molecular weight excluding hydrogens is 184 g/mol. The van der Waals surface area contributed by atoms with E-state index in [4.69, 9.17) is 16.3 Å². The van der Waals surface area contributed by atoms with Crippen molar-refractivity contribution in [1.29, 1.82) is 0 Å². The molecule has 76 valence electrons. The van der Waals surface area contributed by atoms with Gasteiger partial charge in [-0.2, -0.15) is 0 Å². The van der Waals surface area contributed by atoms with E-state index >= 15 is 0 Å². The summed E-state index contributed by atoms with van der Waals surface area (Å²) in [7, 11) is 0. The smallest absolute Gasteiger partial charge is 0.0724 e. The van der Waals surface area contributed by atoms with Crippen LogP contribution in [0.5, 0.6) is 0 Å². The Labute approximate surface area is 85.8 Å². The molecule has 1 nitrogen and oxygen atoms in total. The molecular formula is C11H19ClO. The highest BCUT2D eigenvalue weighted by atomic mass is 35.5. The highest BCUT2D eigenvalue weighted by Crippen LogP contribution is 2.49. The van der Waals surface area contributed by atoms with Crippen molar-refractivity contribution in [3.05, 3.63) is 0 Å². The Morgan fingerprint density at radius 3 is 2.69 bits per heavy atom. The second-order valence-electron chi connectivity index (χ2n) is 4.53. The summed E-state index contributed by atoms with van der Waals surface area (Å²) in [6, 6.07) is 0. The monoisotopic (exact) mass is 202 g/mol. The van der Waals surface area contributed by atoms with Gasteiger partial charge in [0.2, 0.25) is 0 Å². The van der Waals surface area contributed by atoms with Gasteiger partial charge in [-0.05, 0) is 38.0 Å². The summed E-state index contributed by atoms with van der Waals surface area (Å²) in [5.41, 5.74) is 0.180. The Balaban J connectivity index is 2.02. The summed E-state index contributed by atoms with van der Waals surface area (Å²) in [6.45, 7) is 3.12. The molecule has 13 heavy (non-hydrogen) atoms. The van der Waals surface area contributed by atoms with Crippen molar-refractivity contribution >= 4 is 11.6 Å². The molecule has 0 amide bonds. The summed E-state index contributed by atoms with van der Waals surface area (Å²) in [5, 5.41) is 0.362. The molecule has 2 aliphatic rings. The minimum Gasteiger partial charge on any atom is -0.375 e. The summed E-state index contributed by atoms with van der Waals surface area (Å²) < 4.78 is 6.02. The number of hydrogen-bond donors (Lipinski definition) is 0. The van der Waals surface area contributed by atoms with Gasteiger partial charge in [0.25, 0.3) is 0 Å². The van der Waals surface area contributed by atoms with Crippen LogP contribution in [0.2, 0.25) is 0 Å². The van der Waals surface area contributed by atoms with Crippen LogP contribution in [0.4, 0.5) is 0 Å². The van der Waals surface area contributed by atoms with E-state index < -0.39 is 0 Å². The largest absolute Gasteiger partial charge is 0.375 e. The van der Waals surface area contributed by atoms with Gasteiger partial charge in [0.05, 0.1) is 5.60 Å². The molecule has 0 aromatic carbocycles. The maximum Gasteiger partial charge on any atom is 0.0724 e. The molecule has 1 saturated heterocycles. The SMILES string of the molecule is CCCC1(C2CC2)CC(Cl)CCO1. The van der Waals surface area contributed by atoms with E-state index in [-0.39, 0.29) is 5.60 Å². The zero-order chi connectivity index (χ0) is 9.31. The number of alkyl halides is 1. The minimum absolute atomic E-state index is 0.180. The molecule has 0 N–H and O–H groups in total. The molecule has 2 fully saturated rings. The lowest BCUT2D eigenvalue weighted by Gasteiger charge is -2.39. The highest BCUT2D eigenvalue weighted by Gasteiger charge is 2.48. The van der Waals surface area contributed by atoms with Crippen molar-refractivity contribution in [2.75, 3.05) is 6.61 Å². The van der Waals surface area contributed by atoms with E-state index in [1.807, 2.05) is 0 Å². The predicted molar refractivity (Wildman–Crippen MR) is 55.2 cm³/mol. The quantitative estimate of drug-likeness (QED) is 0.638. The molecule has 0 radical (unpaired) electrons. The Morgan fingerprint density at radius 1 is 1.38 bits per heavy atom. The van der Waals surface area contributed by atoms with Gasteiger partial charge in [-0.3, -0.25) is 0 Å². The van der Waals surface area contributed by atoms with E-state index in [0.717, 1.165) is 25.4 Å². The molecule has 2 rings (SSSR count). The van der Waals surface area contributed by atoms with Gasteiger partial charge in [-0.1, -0.05) is 13.3 Å². The number of halogens is 1. The first-order valence-corrected chi connectivity index (χ1v) is 5.98. The van der Waals surface area contributed by atoms with Gasteiger partial charge in [-0.15, -0.1) is 11.6 Å². The summed E-state index contributed by atoms with van der Waals surface area (Å²) in [5.74, 6) is 0.828. The second kappa shape index (κ2) is 3.78. The summed E-state index contributed by atoms with van der Waals surface area (Å²) in [6.07, 6.45) is 7.29. The first-order chi connectivity index (χ1) is 6.27. The van der Waals surface area contributed by atoms with Crippen molar-refractivity contribution in [3.63, 3.8) is 0 Å². The fourth-order valence-corrected chi connectivity index (χ4v) is 2.97. The number of rotatable bonds is 3. The van der Waals surface area contributed by atoms with Crippen molar-refractivity contribution in [3.8, 4) is 0 Å². The molecule has 1 aliphatic carbocycles. The van der Waals surface area contributed by atoms with Gasteiger partial charge in [-0.25, -0.2) is 0 Å². The topological polar surface area (TPSA) is 9.23 Å². The van der Waals surface area contributed by atoms with E-state index in [2.05, 4.69) is 6.92 Å². The third kappa shape index (κ3) is 2.02. The Hall–Kier alpha value is 0.250. The van der Waals surface area contributed by atoms with Crippen LogP contribution >= 0.6 is 11.6 Å². The van der Waals surface area contributed by atoms with Crippen LogP contribution in [0.15, 0.2) is 0 Å². The van der Waals surface area contributed by atoms with Crippen molar-refractivity contribution in [2.45, 2.75) is 56.4 Å². The highest BCUT2D eigenvalue weighted by molar-refractivity contribution is 6.20. The van der Waals surface area contributed by atoms with E-state index in [0.29, 0.717) is 5.38 Å². The average Bonchev–Trinajstić information content (AvgIpc) is 2.86. The summed E-state index contributed by atoms with van der Waals surface area (Å²) >= 11 is 6.23. The Morgan fingerprint density at radius 2 is 2.15 bits per heavy atom. The molecule has 0 aromatic heterocycles. The zero-order valence-electron chi connectivity index (χ0n) is 8.39. The molecule has 1 aliphatic heterocycles. The third-order valence-corrected chi connectivity index (χ3v) is 3.75. The van der Waals surface area contributed by atoms with Gasteiger partial charge >= 0.3 is 0 Å². The van der Waals surface area contributed by atoms with Crippen molar-refractivity contribution in [2.24, 2.45) is 5.92 Å². The van der Waals surface area contributed by atoms with Gasteiger partial charge in [0.15, 0.2) is 0 Å². The zero-order valence-corrected chi connectivity index (χ0v) is 9.15. The number of ether oxygens (including phenoxy) is 1. The van der Waals surface area contributed by atoms with Gasteiger partial charge in [0, 0.05) is 12.0 Å². The molecule has 0 spiro atoms. The first-order valence-electron chi connectivity index (χ1n) is 5.55. The lowest BCUT2D eigenvalue weighted by Crippen LogP contribution is -2.42. The lowest BCUT2D eigenvalue weighted by atomic mass is 9.84. The van der Waals surface area contributed by atoms with Crippen LogP contribution in [-0.4, -0.2) is 17.6 Å². The van der Waals surface area contributed by atoms with Crippen LogP contribution in [0.3, 0.4) is 0 Å². The predicted octanol–water partition coefficient (Wildman–Crippen LogP) is 3.35. The van der Waals surface area contributed by atoms with Crippen LogP contribution in [0, 0.1) is 5.92 Å². The maximum absolute atomic E-state index is 6.23. The lowest BCUT2D eigenvalue weighted by molar-refractivity contribution is -0.0974. The Kier molecular flexibility index (Phi) is 2.85. The van der Waals surface area contributed by atoms with Crippen LogP contribution in [-0.2, 0) is 4.74 Å². The molecule has 2 atom stereocenters. The normalized spacial score (nSPS) is 40.6. The molecule has 1 saturated carbocycles. The van der Waals surface area contributed by atoms with Gasteiger partial charge in [0.1, 0.15) is 0 Å². The van der Waals surface area contributed by atoms with E-state index in [1.165, 1.54) is 25.7 Å². The standard InChI is InChI=1S/C11H19ClO/c1-2-6-11(9-3-4-9)8-10(12)5-7-13-11/h9-10H,2-8H2,1H3. The fraction of sp³-hybridized carbons (Fsp3) is 1.00. The van der Waals surface area contributed by atoms with Gasteiger partial charge < -0.3 is 4.74 Å². The van der Waals surface area contributed by atoms with Crippen LogP contribution in [0.1, 0.15) is 45.4 Å². The van der Waals surface area contributed by atoms with Crippen LogP contribution in [0.25, 0.3) is 0 Å². The molecule has 0 aromatic rings. The van der Waals surface area contributed by atoms with Crippen LogP contribution < -0.4 is 0 Å². The fourth-order valence-electron chi connectivity index (χ4n) is 2.62.